The summed E-state index contributed by atoms with van der Waals surface area (Å²) in [5, 5.41) is 8.10. The smallest absolute Gasteiger partial charge is 0.263 e. The average molecular weight is 526 g/mol. The Morgan fingerprint density at radius 1 is 1.29 bits per heavy atom. The molecule has 3 aromatic heterocycles. The molecule has 10 heteroatoms. The van der Waals surface area contributed by atoms with Crippen LogP contribution in [0.15, 0.2) is 35.7 Å². The number of rotatable bonds is 6. The number of piperidine rings is 1. The van der Waals surface area contributed by atoms with Gasteiger partial charge in [-0.25, -0.2) is 14.1 Å². The molecule has 0 spiro atoms. The van der Waals surface area contributed by atoms with E-state index >= 15 is 0 Å². The van der Waals surface area contributed by atoms with Crippen molar-refractivity contribution in [2.75, 3.05) is 39.0 Å². The van der Waals surface area contributed by atoms with Crippen LogP contribution in [0.1, 0.15) is 36.9 Å². The van der Waals surface area contributed by atoms with Crippen molar-refractivity contribution in [3.05, 3.63) is 47.0 Å². The molecule has 9 nitrogen and oxygen atoms in total. The first-order valence-corrected chi connectivity index (χ1v) is 12.5. The molecule has 5 heterocycles. The summed E-state index contributed by atoms with van der Waals surface area (Å²) in [6.45, 7) is 8.28. The Morgan fingerprint density at radius 2 is 2.12 bits per heavy atom. The van der Waals surface area contributed by atoms with E-state index in [0.29, 0.717) is 21.1 Å². The van der Waals surface area contributed by atoms with Gasteiger partial charge in [0.05, 0.1) is 32.9 Å². The lowest BCUT2D eigenvalue weighted by atomic mass is 10.0. The molecule has 34 heavy (non-hydrogen) atoms. The first kappa shape index (κ1) is 22.9. The Hall–Kier alpha value is -2.82. The number of anilines is 1. The first-order valence-electron chi connectivity index (χ1n) is 11.7. The lowest BCUT2D eigenvalue weighted by Gasteiger charge is -2.36. The highest BCUT2D eigenvalue weighted by atomic mass is 79.9. The Labute approximate surface area is 207 Å². The van der Waals surface area contributed by atoms with Crippen LogP contribution < -0.4 is 20.3 Å². The number of nitrogens with two attached hydrogens (primary N) is 1. The molecule has 0 atom stereocenters. The summed E-state index contributed by atoms with van der Waals surface area (Å²) in [5.74, 6) is 1.81. The third-order valence-electron chi connectivity index (χ3n) is 6.82. The molecule has 0 bridgehead atoms. The maximum absolute atomic E-state index is 6.14. The fourth-order valence-corrected chi connectivity index (χ4v) is 5.47. The van der Waals surface area contributed by atoms with E-state index in [9.17, 15) is 0 Å². The van der Waals surface area contributed by atoms with Crippen molar-refractivity contribution in [1.29, 1.82) is 0 Å². The van der Waals surface area contributed by atoms with Crippen LogP contribution in [0.25, 0.3) is 16.6 Å². The minimum Gasteiger partial charge on any atom is -0.495 e. The van der Waals surface area contributed by atoms with Crippen molar-refractivity contribution in [2.24, 2.45) is 0 Å². The molecule has 1 fully saturated rings. The number of hydrogen-bond acceptors (Lipinski definition) is 7. The fourth-order valence-electron chi connectivity index (χ4n) is 5.00. The largest absolute Gasteiger partial charge is 0.495 e. The molecule has 5 rings (SSSR count). The van der Waals surface area contributed by atoms with Gasteiger partial charge in [-0.15, -0.1) is 0 Å². The Morgan fingerprint density at radius 3 is 2.82 bits per heavy atom. The van der Waals surface area contributed by atoms with E-state index in [-0.39, 0.29) is 5.95 Å². The first-order chi connectivity index (χ1) is 16.5. The minimum absolute atomic E-state index is 0.239. The van der Waals surface area contributed by atoms with E-state index in [4.69, 9.17) is 25.5 Å². The Bertz CT molecular complexity index is 1260. The highest BCUT2D eigenvalue weighted by Crippen LogP contribution is 2.37. The predicted octanol–water partition coefficient (Wildman–Crippen LogP) is 3.63. The van der Waals surface area contributed by atoms with E-state index in [0.717, 1.165) is 73.8 Å². The maximum Gasteiger partial charge on any atom is 0.263 e. The van der Waals surface area contributed by atoms with Crippen LogP contribution in [0.4, 0.5) is 11.8 Å². The highest BCUT2D eigenvalue weighted by Gasteiger charge is 2.36. The SMILES string of the molecule is C=C[N+]1(c2nc(N)nc3c(Br)nn(Cc4ncc(C5=CCNCC5)cc4OC)c23)CCCCC1. The summed E-state index contributed by atoms with van der Waals surface area (Å²) in [7, 11) is 1.68. The number of hydrogen-bond donors (Lipinski definition) is 2. The zero-order valence-corrected chi connectivity index (χ0v) is 21.0. The zero-order valence-electron chi connectivity index (χ0n) is 19.4. The van der Waals surface area contributed by atoms with E-state index in [1.54, 1.807) is 7.11 Å². The molecule has 2 aliphatic rings. The molecular formula is C24H30BrN8O+. The number of nitrogens with one attached hydrogen (secondary N) is 1. The number of likely N-dealkylation sites (tertiary alicyclic amines) is 1. The lowest BCUT2D eigenvalue weighted by Crippen LogP contribution is -2.48. The van der Waals surface area contributed by atoms with Crippen LogP contribution in [0.5, 0.6) is 5.75 Å². The van der Waals surface area contributed by atoms with Crippen molar-refractivity contribution in [3.63, 3.8) is 0 Å². The number of methoxy groups -OCH3 is 1. The van der Waals surface area contributed by atoms with Gasteiger partial charge in [-0.1, -0.05) is 6.08 Å². The van der Waals surface area contributed by atoms with Gasteiger partial charge in [-0.05, 0) is 71.9 Å². The van der Waals surface area contributed by atoms with Crippen molar-refractivity contribution in [2.45, 2.75) is 32.2 Å². The van der Waals surface area contributed by atoms with Gasteiger partial charge in [-0.2, -0.15) is 10.1 Å². The van der Waals surface area contributed by atoms with Crippen molar-refractivity contribution < 1.29 is 4.74 Å². The second kappa shape index (κ2) is 9.44. The van der Waals surface area contributed by atoms with Gasteiger partial charge < -0.3 is 15.8 Å². The molecule has 0 amide bonds. The number of nitrogens with zero attached hydrogens (tertiary/aromatic N) is 6. The number of quaternary nitrogens is 1. The number of nitrogen functional groups attached to an aromatic ring is 1. The van der Waals surface area contributed by atoms with Gasteiger partial charge in [0.15, 0.2) is 10.1 Å². The van der Waals surface area contributed by atoms with Crippen molar-refractivity contribution in [1.82, 2.24) is 34.5 Å². The topological polar surface area (TPSA) is 104 Å². The van der Waals surface area contributed by atoms with Crippen LogP contribution in [0, 0.1) is 0 Å². The molecule has 3 aromatic rings. The minimum atomic E-state index is 0.239. The molecule has 2 aliphatic heterocycles. The van der Waals surface area contributed by atoms with Gasteiger partial charge in [0.2, 0.25) is 5.95 Å². The highest BCUT2D eigenvalue weighted by molar-refractivity contribution is 9.10. The van der Waals surface area contributed by atoms with Crippen molar-refractivity contribution in [3.8, 4) is 5.75 Å². The second-order valence-electron chi connectivity index (χ2n) is 8.83. The molecule has 0 radical (unpaired) electrons. The summed E-state index contributed by atoms with van der Waals surface area (Å²) >= 11 is 3.59. The molecule has 0 aliphatic carbocycles. The molecular weight excluding hydrogens is 496 g/mol. The van der Waals surface area contributed by atoms with E-state index < -0.39 is 0 Å². The molecule has 1 saturated heterocycles. The van der Waals surface area contributed by atoms with E-state index in [1.807, 2.05) is 17.1 Å². The van der Waals surface area contributed by atoms with Crippen molar-refractivity contribution >= 4 is 44.3 Å². The number of aromatic nitrogens is 5. The quantitative estimate of drug-likeness (QED) is 0.473. The zero-order chi connectivity index (χ0) is 23.7. The molecule has 178 valence electrons. The third kappa shape index (κ3) is 4.10. The maximum atomic E-state index is 6.14. The standard InChI is InChI=1S/C24H30BrN8O/c1-3-33(11-5-4-6-12-33)23-21-20(29-24(26)30-23)22(25)31-32(21)15-18-19(34-2)13-17(14-28-18)16-7-9-27-10-8-16/h3,7,13-14,27H,1,4-6,8-12,15H2,2H3,(H2,26,29,30)/q+1. The molecule has 0 unspecified atom stereocenters. The number of fused-ring (bicyclic) bond motifs is 1. The monoisotopic (exact) mass is 525 g/mol. The average Bonchev–Trinajstić information content (AvgIpc) is 3.19. The summed E-state index contributed by atoms with van der Waals surface area (Å²) < 4.78 is 8.84. The molecule has 3 N–H and O–H groups in total. The van der Waals surface area contributed by atoms with E-state index in [1.165, 1.54) is 12.0 Å². The Kier molecular flexibility index (Phi) is 6.37. The second-order valence-corrected chi connectivity index (χ2v) is 9.58. The van der Waals surface area contributed by atoms with Crippen LogP contribution >= 0.6 is 15.9 Å². The molecule has 0 aromatic carbocycles. The van der Waals surface area contributed by atoms with Gasteiger partial charge in [0, 0.05) is 12.7 Å². The van der Waals surface area contributed by atoms with Crippen LogP contribution in [0.2, 0.25) is 0 Å². The van der Waals surface area contributed by atoms with Gasteiger partial charge >= 0.3 is 0 Å². The van der Waals surface area contributed by atoms with Crippen LogP contribution in [-0.4, -0.2) is 58.0 Å². The summed E-state index contributed by atoms with van der Waals surface area (Å²) in [5.41, 5.74) is 10.9. The predicted molar refractivity (Wildman–Crippen MR) is 138 cm³/mol. The number of ether oxygens (including phenoxy) is 1. The summed E-state index contributed by atoms with van der Waals surface area (Å²) in [6.07, 6.45) is 10.5. The number of halogens is 1. The Balaban J connectivity index is 1.60. The van der Waals surface area contributed by atoms with Gasteiger partial charge in [0.1, 0.15) is 17.0 Å². The van der Waals surface area contributed by atoms with E-state index in [2.05, 4.69) is 45.0 Å². The lowest BCUT2D eigenvalue weighted by molar-refractivity contribution is 0.301. The van der Waals surface area contributed by atoms with Crippen LogP contribution in [0.3, 0.4) is 0 Å². The summed E-state index contributed by atoms with van der Waals surface area (Å²) in [6, 6.07) is 2.07. The summed E-state index contributed by atoms with van der Waals surface area (Å²) in [4.78, 5) is 14.0. The number of pyridine rings is 1. The molecule has 0 saturated carbocycles. The fraction of sp³-hybridized carbons (Fsp3) is 0.417. The third-order valence-corrected chi connectivity index (χ3v) is 7.35. The van der Waals surface area contributed by atoms with Gasteiger partial charge in [-0.3, -0.25) is 4.98 Å². The van der Waals surface area contributed by atoms with Crippen LogP contribution in [-0.2, 0) is 6.54 Å². The van der Waals surface area contributed by atoms with Gasteiger partial charge in [0.25, 0.3) is 5.82 Å². The normalized spacial score (nSPS) is 18.0.